The maximum Gasteiger partial charge on any atom is 0.271 e. The number of hydrogen-bond donors (Lipinski definition) is 1. The smallest absolute Gasteiger partial charge is 0.271 e. The Hall–Kier alpha value is -2.98. The molecule has 2 aromatic carbocycles. The second kappa shape index (κ2) is 9.29. The van der Waals surface area contributed by atoms with Crippen LogP contribution in [0.15, 0.2) is 53.4 Å². The number of sulfonamides is 1. The molecule has 0 radical (unpaired) electrons. The second-order valence-corrected chi connectivity index (χ2v) is 8.01. The minimum absolute atomic E-state index is 0.0746. The van der Waals surface area contributed by atoms with E-state index in [0.29, 0.717) is 17.9 Å². The molecule has 0 bridgehead atoms. The van der Waals surface area contributed by atoms with E-state index < -0.39 is 14.9 Å². The van der Waals surface area contributed by atoms with Gasteiger partial charge in [0.1, 0.15) is 5.75 Å². The second-order valence-electron chi connectivity index (χ2n) is 5.96. The third-order valence-corrected chi connectivity index (χ3v) is 5.86. The fourth-order valence-corrected chi connectivity index (χ4v) is 3.64. The molecule has 0 saturated heterocycles. The van der Waals surface area contributed by atoms with Crippen molar-refractivity contribution < 1.29 is 22.9 Å². The normalized spacial score (nSPS) is 11.2. The highest BCUT2D eigenvalue weighted by molar-refractivity contribution is 7.89. The van der Waals surface area contributed by atoms with E-state index in [1.165, 1.54) is 48.8 Å². The summed E-state index contributed by atoms with van der Waals surface area (Å²) in [6, 6.07) is 11.7. The van der Waals surface area contributed by atoms with E-state index in [0.717, 1.165) is 0 Å². The van der Waals surface area contributed by atoms with E-state index >= 15 is 0 Å². The van der Waals surface area contributed by atoms with E-state index in [-0.39, 0.29) is 29.5 Å². The Morgan fingerprint density at radius 1 is 1.21 bits per heavy atom. The van der Waals surface area contributed by atoms with E-state index in [1.54, 1.807) is 18.2 Å². The van der Waals surface area contributed by atoms with Gasteiger partial charge in [-0.05, 0) is 36.8 Å². The van der Waals surface area contributed by atoms with Crippen molar-refractivity contribution in [2.24, 2.45) is 0 Å². The van der Waals surface area contributed by atoms with Crippen LogP contribution in [0, 0.1) is 10.1 Å². The van der Waals surface area contributed by atoms with Crippen molar-refractivity contribution in [2.45, 2.75) is 17.7 Å². The summed E-state index contributed by atoms with van der Waals surface area (Å²) in [7, 11) is -0.728. The SMILES string of the molecule is COc1ccc(S(=O)(=O)N(C)CCCC(=O)Nc2cccc([N+](=O)[O-])c2)cc1. The van der Waals surface area contributed by atoms with Crippen LogP contribution in [0.25, 0.3) is 0 Å². The summed E-state index contributed by atoms with van der Waals surface area (Å²) in [6.45, 7) is 0.150. The van der Waals surface area contributed by atoms with Crippen LogP contribution in [0.5, 0.6) is 5.75 Å². The Morgan fingerprint density at radius 3 is 2.50 bits per heavy atom. The van der Waals surface area contributed by atoms with Crippen molar-refractivity contribution >= 4 is 27.3 Å². The number of carbonyl (C=O) groups excluding carboxylic acids is 1. The Labute approximate surface area is 163 Å². The fourth-order valence-electron chi connectivity index (χ4n) is 2.43. The molecule has 0 spiro atoms. The lowest BCUT2D eigenvalue weighted by Crippen LogP contribution is -2.28. The van der Waals surface area contributed by atoms with Gasteiger partial charge in [-0.15, -0.1) is 0 Å². The number of benzene rings is 2. The summed E-state index contributed by atoms with van der Waals surface area (Å²) >= 11 is 0. The van der Waals surface area contributed by atoms with Crippen LogP contribution in [-0.4, -0.2) is 44.3 Å². The molecule has 0 aliphatic carbocycles. The number of nitrogens with zero attached hydrogens (tertiary/aromatic N) is 2. The van der Waals surface area contributed by atoms with Crippen molar-refractivity contribution in [1.82, 2.24) is 4.31 Å². The van der Waals surface area contributed by atoms with Gasteiger partial charge in [-0.25, -0.2) is 12.7 Å². The fraction of sp³-hybridized carbons (Fsp3) is 0.278. The third kappa shape index (κ3) is 5.51. The highest BCUT2D eigenvalue weighted by atomic mass is 32.2. The number of nitrogens with one attached hydrogen (secondary N) is 1. The van der Waals surface area contributed by atoms with Crippen molar-refractivity contribution in [2.75, 3.05) is 26.0 Å². The summed E-state index contributed by atoms with van der Waals surface area (Å²) < 4.78 is 31.2. The Kier molecular flexibility index (Phi) is 7.07. The van der Waals surface area contributed by atoms with Crippen molar-refractivity contribution in [3.05, 3.63) is 58.6 Å². The lowest BCUT2D eigenvalue weighted by Gasteiger charge is -2.17. The number of rotatable bonds is 9. The van der Waals surface area contributed by atoms with Crippen LogP contribution >= 0.6 is 0 Å². The van der Waals surface area contributed by atoms with Gasteiger partial charge in [-0.2, -0.15) is 0 Å². The molecule has 1 N–H and O–H groups in total. The first kappa shape index (κ1) is 21.3. The number of methoxy groups -OCH3 is 1. The van der Waals surface area contributed by atoms with Crippen LogP contribution in [0.3, 0.4) is 0 Å². The molecule has 0 aromatic heterocycles. The minimum Gasteiger partial charge on any atom is -0.497 e. The van der Waals surface area contributed by atoms with E-state index in [2.05, 4.69) is 5.32 Å². The maximum atomic E-state index is 12.5. The highest BCUT2D eigenvalue weighted by Crippen LogP contribution is 2.19. The molecule has 0 heterocycles. The van der Waals surface area contributed by atoms with Crippen molar-refractivity contribution in [1.29, 1.82) is 0 Å². The average molecular weight is 407 g/mol. The molecule has 0 atom stereocenters. The first-order chi connectivity index (χ1) is 13.2. The summed E-state index contributed by atoms with van der Waals surface area (Å²) in [4.78, 5) is 22.3. The largest absolute Gasteiger partial charge is 0.497 e. The molecule has 0 saturated carbocycles. The molecule has 0 aliphatic heterocycles. The molecule has 9 nitrogen and oxygen atoms in total. The topological polar surface area (TPSA) is 119 Å². The van der Waals surface area contributed by atoms with Gasteiger partial charge in [-0.3, -0.25) is 14.9 Å². The quantitative estimate of drug-likeness (QED) is 0.504. The number of nitro benzene ring substituents is 1. The van der Waals surface area contributed by atoms with Crippen LogP contribution in [-0.2, 0) is 14.8 Å². The predicted molar refractivity (Wildman–Crippen MR) is 104 cm³/mol. The first-order valence-electron chi connectivity index (χ1n) is 8.39. The summed E-state index contributed by atoms with van der Waals surface area (Å²) in [5, 5.41) is 13.3. The van der Waals surface area contributed by atoms with E-state index in [4.69, 9.17) is 4.74 Å². The van der Waals surface area contributed by atoms with Crippen LogP contribution in [0.4, 0.5) is 11.4 Å². The number of hydrogen-bond acceptors (Lipinski definition) is 6. The van der Waals surface area contributed by atoms with Crippen molar-refractivity contribution in [3.8, 4) is 5.75 Å². The van der Waals surface area contributed by atoms with Gasteiger partial charge in [0.2, 0.25) is 15.9 Å². The maximum absolute atomic E-state index is 12.5. The lowest BCUT2D eigenvalue weighted by molar-refractivity contribution is -0.384. The third-order valence-electron chi connectivity index (χ3n) is 3.99. The Morgan fingerprint density at radius 2 is 1.89 bits per heavy atom. The molecule has 150 valence electrons. The zero-order valence-electron chi connectivity index (χ0n) is 15.5. The summed E-state index contributed by atoms with van der Waals surface area (Å²) in [5.74, 6) is 0.204. The molecule has 0 unspecified atom stereocenters. The van der Waals surface area contributed by atoms with Crippen LogP contribution in [0.2, 0.25) is 0 Å². The van der Waals surface area contributed by atoms with Crippen LogP contribution < -0.4 is 10.1 Å². The van der Waals surface area contributed by atoms with Gasteiger partial charge in [0.05, 0.1) is 16.9 Å². The van der Waals surface area contributed by atoms with Crippen LogP contribution in [0.1, 0.15) is 12.8 Å². The molecular weight excluding hydrogens is 386 g/mol. The predicted octanol–water partition coefficient (Wildman–Crippen LogP) is 2.64. The zero-order chi connectivity index (χ0) is 20.7. The number of non-ortho nitro benzene ring substituents is 1. The first-order valence-corrected chi connectivity index (χ1v) is 9.83. The molecule has 28 heavy (non-hydrogen) atoms. The van der Waals surface area contributed by atoms with Gasteiger partial charge in [0, 0.05) is 37.8 Å². The number of amides is 1. The van der Waals surface area contributed by atoms with E-state index in [1.807, 2.05) is 0 Å². The molecular formula is C18H21N3O6S. The molecule has 2 rings (SSSR count). The number of carbonyl (C=O) groups is 1. The van der Waals surface area contributed by atoms with Gasteiger partial charge < -0.3 is 10.1 Å². The number of nitro groups is 1. The molecule has 2 aromatic rings. The molecule has 0 fully saturated rings. The summed E-state index contributed by atoms with van der Waals surface area (Å²) in [5.41, 5.74) is 0.196. The lowest BCUT2D eigenvalue weighted by atomic mass is 10.2. The standard InChI is InChI=1S/C18H21N3O6S/c1-20(28(25,26)17-10-8-16(27-2)9-11-17)12-4-7-18(22)19-14-5-3-6-15(13-14)21(23)24/h3,5-6,8-11,13H,4,7,12H2,1-2H3,(H,19,22). The minimum atomic E-state index is -3.66. The average Bonchev–Trinajstić information content (AvgIpc) is 2.68. The van der Waals surface area contributed by atoms with Crippen molar-refractivity contribution in [3.63, 3.8) is 0 Å². The number of ether oxygens (including phenoxy) is 1. The molecule has 1 amide bonds. The summed E-state index contributed by atoms with van der Waals surface area (Å²) in [6.07, 6.45) is 0.373. The highest BCUT2D eigenvalue weighted by Gasteiger charge is 2.20. The van der Waals surface area contributed by atoms with Gasteiger partial charge in [0.15, 0.2) is 0 Å². The van der Waals surface area contributed by atoms with Gasteiger partial charge in [0.25, 0.3) is 5.69 Å². The molecule has 10 heteroatoms. The van der Waals surface area contributed by atoms with Gasteiger partial charge >= 0.3 is 0 Å². The Balaban J connectivity index is 1.88. The number of anilines is 1. The Bertz CT molecular complexity index is 944. The zero-order valence-corrected chi connectivity index (χ0v) is 16.3. The molecule has 0 aliphatic rings. The monoisotopic (exact) mass is 407 g/mol. The van der Waals surface area contributed by atoms with Gasteiger partial charge in [-0.1, -0.05) is 6.07 Å². The van der Waals surface area contributed by atoms with E-state index in [9.17, 15) is 23.3 Å².